The number of carbonyl (C=O) groups excluding carboxylic acids is 1. The number of ether oxygens (including phenoxy) is 2. The van der Waals surface area contributed by atoms with E-state index in [0.717, 1.165) is 21.3 Å². The molecule has 1 heterocycles. The summed E-state index contributed by atoms with van der Waals surface area (Å²) >= 11 is 3.41. The maximum atomic E-state index is 12.0. The van der Waals surface area contributed by atoms with E-state index < -0.39 is 0 Å². The number of aromatic nitrogens is 2. The number of nitrogens with one attached hydrogen (secondary N) is 1. The van der Waals surface area contributed by atoms with E-state index in [-0.39, 0.29) is 19.1 Å². The standard InChI is InChI=1S/C19H18BrN3O4/c1-12-3-8-16(15(20)9-12)26-11-17(24)21-10-18-22-19(23-27-18)13-4-6-14(25-2)7-5-13/h3-9H,10-11H2,1-2H3,(H,21,24). The Bertz CT molecular complexity index is 925. The molecule has 0 aliphatic heterocycles. The molecule has 140 valence electrons. The summed E-state index contributed by atoms with van der Waals surface area (Å²) in [5.74, 6) is 1.82. The Morgan fingerprint density at radius 1 is 1.22 bits per heavy atom. The van der Waals surface area contributed by atoms with Gasteiger partial charge in [-0.05, 0) is 64.8 Å². The molecule has 3 rings (SSSR count). The normalized spacial score (nSPS) is 10.5. The Morgan fingerprint density at radius 2 is 2.00 bits per heavy atom. The lowest BCUT2D eigenvalue weighted by molar-refractivity contribution is -0.123. The van der Waals surface area contributed by atoms with Crippen LogP contribution >= 0.6 is 15.9 Å². The molecule has 0 fully saturated rings. The number of nitrogens with zero attached hydrogens (tertiary/aromatic N) is 2. The number of hydrogen-bond donors (Lipinski definition) is 1. The predicted molar refractivity (Wildman–Crippen MR) is 103 cm³/mol. The molecule has 0 radical (unpaired) electrons. The first-order chi connectivity index (χ1) is 13.0. The highest BCUT2D eigenvalue weighted by Gasteiger charge is 2.11. The first-order valence-corrected chi connectivity index (χ1v) is 8.97. The van der Waals surface area contributed by atoms with E-state index in [2.05, 4.69) is 31.4 Å². The summed E-state index contributed by atoms with van der Waals surface area (Å²) in [4.78, 5) is 16.2. The molecule has 3 aromatic rings. The van der Waals surface area contributed by atoms with Gasteiger partial charge in [0.05, 0.1) is 18.1 Å². The number of methoxy groups -OCH3 is 1. The Labute approximate surface area is 164 Å². The zero-order valence-corrected chi connectivity index (χ0v) is 16.4. The lowest BCUT2D eigenvalue weighted by Gasteiger charge is -2.08. The predicted octanol–water partition coefficient (Wildman–Crippen LogP) is 3.51. The average molecular weight is 432 g/mol. The first kappa shape index (κ1) is 18.9. The molecule has 7 nitrogen and oxygen atoms in total. The van der Waals surface area contributed by atoms with Gasteiger partial charge in [-0.1, -0.05) is 11.2 Å². The SMILES string of the molecule is COc1ccc(-c2noc(CNC(=O)COc3ccc(C)cc3Br)n2)cc1. The minimum absolute atomic E-state index is 0.110. The maximum absolute atomic E-state index is 12.0. The summed E-state index contributed by atoms with van der Waals surface area (Å²) in [6.45, 7) is 1.99. The topological polar surface area (TPSA) is 86.5 Å². The number of amides is 1. The van der Waals surface area contributed by atoms with Crippen molar-refractivity contribution in [3.8, 4) is 22.9 Å². The van der Waals surface area contributed by atoms with Crippen LogP contribution in [0.2, 0.25) is 0 Å². The molecule has 1 amide bonds. The number of carbonyl (C=O) groups is 1. The molecule has 0 atom stereocenters. The third-order valence-electron chi connectivity index (χ3n) is 3.70. The van der Waals surface area contributed by atoms with Crippen molar-refractivity contribution in [2.45, 2.75) is 13.5 Å². The third-order valence-corrected chi connectivity index (χ3v) is 4.32. The highest BCUT2D eigenvalue weighted by molar-refractivity contribution is 9.10. The molecule has 0 aliphatic rings. The molecule has 1 N–H and O–H groups in total. The molecule has 2 aromatic carbocycles. The quantitative estimate of drug-likeness (QED) is 0.615. The van der Waals surface area contributed by atoms with Gasteiger partial charge in [-0.3, -0.25) is 4.79 Å². The van der Waals surface area contributed by atoms with Gasteiger partial charge in [0, 0.05) is 5.56 Å². The van der Waals surface area contributed by atoms with E-state index in [1.165, 1.54) is 0 Å². The molecular formula is C19H18BrN3O4. The summed E-state index contributed by atoms with van der Waals surface area (Å²) in [6, 6.07) is 12.9. The van der Waals surface area contributed by atoms with E-state index >= 15 is 0 Å². The van der Waals surface area contributed by atoms with Crippen molar-refractivity contribution < 1.29 is 18.8 Å². The fourth-order valence-corrected chi connectivity index (χ4v) is 2.88. The fraction of sp³-hybridized carbons (Fsp3) is 0.211. The van der Waals surface area contributed by atoms with Crippen LogP contribution in [0.15, 0.2) is 51.5 Å². The van der Waals surface area contributed by atoms with Gasteiger partial charge in [0.15, 0.2) is 6.61 Å². The van der Waals surface area contributed by atoms with E-state index in [1.54, 1.807) is 7.11 Å². The monoisotopic (exact) mass is 431 g/mol. The van der Waals surface area contributed by atoms with E-state index in [4.69, 9.17) is 14.0 Å². The smallest absolute Gasteiger partial charge is 0.258 e. The number of benzene rings is 2. The highest BCUT2D eigenvalue weighted by Crippen LogP contribution is 2.25. The summed E-state index contributed by atoms with van der Waals surface area (Å²) in [7, 11) is 1.60. The van der Waals surface area contributed by atoms with E-state index in [0.29, 0.717) is 17.5 Å². The van der Waals surface area contributed by atoms with E-state index in [1.807, 2.05) is 49.4 Å². The zero-order chi connectivity index (χ0) is 19.2. The minimum atomic E-state index is -0.285. The van der Waals surface area contributed by atoms with Crippen molar-refractivity contribution in [3.63, 3.8) is 0 Å². The molecule has 0 bridgehead atoms. The van der Waals surface area contributed by atoms with Crippen molar-refractivity contribution in [2.24, 2.45) is 0 Å². The average Bonchev–Trinajstić information content (AvgIpc) is 3.15. The van der Waals surface area contributed by atoms with Crippen molar-refractivity contribution in [1.82, 2.24) is 15.5 Å². The zero-order valence-electron chi connectivity index (χ0n) is 14.9. The van der Waals surface area contributed by atoms with Crippen LogP contribution in [0, 0.1) is 6.92 Å². The maximum Gasteiger partial charge on any atom is 0.258 e. The third kappa shape index (κ3) is 5.07. The summed E-state index contributed by atoms with van der Waals surface area (Å²) in [5.41, 5.74) is 1.90. The second-order valence-corrected chi connectivity index (χ2v) is 6.59. The van der Waals surface area contributed by atoms with Gasteiger partial charge in [0.25, 0.3) is 5.91 Å². The number of aryl methyl sites for hydroxylation is 1. The Morgan fingerprint density at radius 3 is 2.70 bits per heavy atom. The van der Waals surface area contributed by atoms with Crippen LogP contribution in [0.25, 0.3) is 11.4 Å². The van der Waals surface area contributed by atoms with Crippen molar-refractivity contribution in [2.75, 3.05) is 13.7 Å². The van der Waals surface area contributed by atoms with Crippen molar-refractivity contribution >= 4 is 21.8 Å². The summed E-state index contributed by atoms with van der Waals surface area (Å²) < 4.78 is 16.6. The number of rotatable bonds is 7. The molecule has 0 spiro atoms. The molecule has 0 saturated heterocycles. The van der Waals surface area contributed by atoms with Crippen LogP contribution < -0.4 is 14.8 Å². The number of halogens is 1. The van der Waals surface area contributed by atoms with Gasteiger partial charge < -0.3 is 19.3 Å². The molecule has 1 aromatic heterocycles. The molecule has 8 heteroatoms. The first-order valence-electron chi connectivity index (χ1n) is 8.18. The van der Waals surface area contributed by atoms with Crippen molar-refractivity contribution in [3.05, 3.63) is 58.4 Å². The molecule has 27 heavy (non-hydrogen) atoms. The van der Waals surface area contributed by atoms with Gasteiger partial charge in [0.1, 0.15) is 11.5 Å². The summed E-state index contributed by atoms with van der Waals surface area (Å²) in [6.07, 6.45) is 0. The van der Waals surface area contributed by atoms with Gasteiger partial charge in [-0.25, -0.2) is 0 Å². The van der Waals surface area contributed by atoms with Crippen molar-refractivity contribution in [1.29, 1.82) is 0 Å². The number of hydrogen-bond acceptors (Lipinski definition) is 6. The Kier molecular flexibility index (Phi) is 6.08. The molecule has 0 saturated carbocycles. The second-order valence-electron chi connectivity index (χ2n) is 5.74. The van der Waals surface area contributed by atoms with Crippen LogP contribution in [0.5, 0.6) is 11.5 Å². The highest BCUT2D eigenvalue weighted by atomic mass is 79.9. The van der Waals surface area contributed by atoms with Crippen LogP contribution in [0.1, 0.15) is 11.5 Å². The van der Waals surface area contributed by atoms with Gasteiger partial charge >= 0.3 is 0 Å². The fourth-order valence-electron chi connectivity index (χ4n) is 2.28. The van der Waals surface area contributed by atoms with E-state index in [9.17, 15) is 4.79 Å². The molecule has 0 aliphatic carbocycles. The van der Waals surface area contributed by atoms with Crippen LogP contribution in [0.3, 0.4) is 0 Å². The van der Waals surface area contributed by atoms with Crippen LogP contribution in [-0.2, 0) is 11.3 Å². The molecular weight excluding hydrogens is 414 g/mol. The van der Waals surface area contributed by atoms with Gasteiger partial charge in [-0.15, -0.1) is 0 Å². The van der Waals surface area contributed by atoms with Crippen LogP contribution in [-0.4, -0.2) is 29.8 Å². The lowest BCUT2D eigenvalue weighted by atomic mass is 10.2. The Balaban J connectivity index is 1.51. The minimum Gasteiger partial charge on any atom is -0.497 e. The second kappa shape index (κ2) is 8.68. The summed E-state index contributed by atoms with van der Waals surface area (Å²) in [5, 5.41) is 6.61. The van der Waals surface area contributed by atoms with Gasteiger partial charge in [0.2, 0.25) is 11.7 Å². The molecule has 0 unspecified atom stereocenters. The lowest BCUT2D eigenvalue weighted by Crippen LogP contribution is -2.28. The van der Waals surface area contributed by atoms with Crippen LogP contribution in [0.4, 0.5) is 0 Å². The van der Waals surface area contributed by atoms with Gasteiger partial charge in [-0.2, -0.15) is 4.98 Å². The largest absolute Gasteiger partial charge is 0.497 e. The Hall–Kier alpha value is -2.87.